The molecule has 0 aliphatic carbocycles. The number of hydrogen-bond donors (Lipinski definition) is 2. The van der Waals surface area contributed by atoms with Crippen LogP contribution >= 0.6 is 11.3 Å². The number of hydrogen-bond acceptors (Lipinski definition) is 5. The second kappa shape index (κ2) is 7.98. The maximum atomic E-state index is 4.61. The average Bonchev–Trinajstić information content (AvgIpc) is 3.01. The second-order valence-electron chi connectivity index (χ2n) is 5.15. The lowest BCUT2D eigenvalue weighted by atomic mass is 10.1. The van der Waals surface area contributed by atoms with Gasteiger partial charge in [-0.15, -0.1) is 11.3 Å². The van der Waals surface area contributed by atoms with Crippen molar-refractivity contribution in [1.82, 2.24) is 9.97 Å². The Hall–Kier alpha value is -1.62. The summed E-state index contributed by atoms with van der Waals surface area (Å²) in [6, 6.07) is 4.61. The van der Waals surface area contributed by atoms with Crippen LogP contribution in [0.1, 0.15) is 49.6 Å². The summed E-state index contributed by atoms with van der Waals surface area (Å²) in [5, 5.41) is 8.95. The Morgan fingerprint density at radius 2 is 2.14 bits per heavy atom. The van der Waals surface area contributed by atoms with Crippen molar-refractivity contribution < 1.29 is 0 Å². The van der Waals surface area contributed by atoms with E-state index in [0.717, 1.165) is 37.2 Å². The zero-order chi connectivity index (χ0) is 15.1. The monoisotopic (exact) mass is 304 g/mol. The van der Waals surface area contributed by atoms with Gasteiger partial charge in [-0.3, -0.25) is 0 Å². The van der Waals surface area contributed by atoms with E-state index in [9.17, 15) is 0 Å². The van der Waals surface area contributed by atoms with Gasteiger partial charge in [0.25, 0.3) is 0 Å². The number of aryl methyl sites for hydroxylation is 1. The molecule has 0 saturated heterocycles. The molecular formula is C16H24N4S. The largest absolute Gasteiger partial charge is 0.362 e. The Morgan fingerprint density at radius 3 is 2.81 bits per heavy atom. The molecule has 0 fully saturated rings. The summed E-state index contributed by atoms with van der Waals surface area (Å²) in [6.45, 7) is 7.28. The fourth-order valence-electron chi connectivity index (χ4n) is 2.14. The summed E-state index contributed by atoms with van der Waals surface area (Å²) >= 11 is 1.79. The zero-order valence-corrected chi connectivity index (χ0v) is 13.8. The van der Waals surface area contributed by atoms with Gasteiger partial charge in [0.1, 0.15) is 5.82 Å². The molecular weight excluding hydrogens is 280 g/mol. The molecule has 1 unspecified atom stereocenters. The first-order valence-electron chi connectivity index (χ1n) is 7.62. The van der Waals surface area contributed by atoms with Crippen LogP contribution in [0.3, 0.4) is 0 Å². The predicted octanol–water partition coefficient (Wildman–Crippen LogP) is 4.62. The fourth-order valence-corrected chi connectivity index (χ4v) is 2.95. The fraction of sp³-hybridized carbons (Fsp3) is 0.500. The van der Waals surface area contributed by atoms with Crippen LogP contribution in [-0.2, 0) is 0 Å². The van der Waals surface area contributed by atoms with Gasteiger partial charge in [0, 0.05) is 23.2 Å². The minimum Gasteiger partial charge on any atom is -0.362 e. The van der Waals surface area contributed by atoms with Crippen molar-refractivity contribution in [2.24, 2.45) is 0 Å². The van der Waals surface area contributed by atoms with Gasteiger partial charge in [-0.25, -0.2) is 4.98 Å². The quantitative estimate of drug-likeness (QED) is 0.747. The molecule has 2 aromatic heterocycles. The third-order valence-electron chi connectivity index (χ3n) is 3.28. The van der Waals surface area contributed by atoms with Crippen molar-refractivity contribution in [3.05, 3.63) is 34.2 Å². The predicted molar refractivity (Wildman–Crippen MR) is 91.1 cm³/mol. The van der Waals surface area contributed by atoms with Crippen molar-refractivity contribution in [3.8, 4) is 0 Å². The summed E-state index contributed by atoms with van der Waals surface area (Å²) in [5.41, 5.74) is 1.08. The van der Waals surface area contributed by atoms with Crippen LogP contribution < -0.4 is 10.6 Å². The van der Waals surface area contributed by atoms with Crippen LogP contribution in [0.5, 0.6) is 0 Å². The Kier molecular flexibility index (Phi) is 5.99. The smallest absolute Gasteiger partial charge is 0.224 e. The van der Waals surface area contributed by atoms with Crippen molar-refractivity contribution >= 4 is 23.1 Å². The lowest BCUT2D eigenvalue weighted by molar-refractivity contribution is 0.683. The van der Waals surface area contributed by atoms with E-state index in [1.54, 1.807) is 11.3 Å². The molecule has 0 radical (unpaired) electrons. The van der Waals surface area contributed by atoms with E-state index >= 15 is 0 Å². The lowest BCUT2D eigenvalue weighted by Gasteiger charge is -2.19. The van der Waals surface area contributed by atoms with Crippen LogP contribution in [0.2, 0.25) is 0 Å². The van der Waals surface area contributed by atoms with Crippen molar-refractivity contribution in [1.29, 1.82) is 0 Å². The Bertz CT molecular complexity index is 539. The molecule has 1 atom stereocenters. The Balaban J connectivity index is 2.15. The molecule has 5 heteroatoms. The Morgan fingerprint density at radius 1 is 1.29 bits per heavy atom. The van der Waals surface area contributed by atoms with Crippen LogP contribution in [0.4, 0.5) is 11.8 Å². The SMILES string of the molecule is CCCNc1ncc(C)c(NC(CCC)c2cccs2)n1. The molecule has 0 amide bonds. The minimum atomic E-state index is 0.322. The highest BCUT2D eigenvalue weighted by Gasteiger charge is 2.14. The third-order valence-corrected chi connectivity index (χ3v) is 4.27. The van der Waals surface area contributed by atoms with E-state index in [-0.39, 0.29) is 0 Å². The van der Waals surface area contributed by atoms with E-state index in [0.29, 0.717) is 12.0 Å². The van der Waals surface area contributed by atoms with Gasteiger partial charge >= 0.3 is 0 Å². The molecule has 0 aliphatic heterocycles. The molecule has 0 saturated carbocycles. The number of rotatable bonds is 8. The molecule has 114 valence electrons. The van der Waals surface area contributed by atoms with Crippen molar-refractivity contribution in [2.45, 2.75) is 46.1 Å². The molecule has 2 aromatic rings. The van der Waals surface area contributed by atoms with Crippen LogP contribution in [-0.4, -0.2) is 16.5 Å². The number of thiophene rings is 1. The van der Waals surface area contributed by atoms with Gasteiger partial charge in [0.15, 0.2) is 0 Å². The van der Waals surface area contributed by atoms with Crippen LogP contribution in [0.15, 0.2) is 23.7 Å². The lowest BCUT2D eigenvalue weighted by Crippen LogP contribution is -2.13. The molecule has 2 heterocycles. The standard InChI is InChI=1S/C16H24N4S/c1-4-7-13(14-8-6-10-21-14)19-15-12(3)11-18-16(20-15)17-9-5-2/h6,8,10-11,13H,4-5,7,9H2,1-3H3,(H2,17,18,19,20). The summed E-state index contributed by atoms with van der Waals surface area (Å²) in [7, 11) is 0. The number of anilines is 2. The third kappa shape index (κ3) is 4.43. The molecule has 2 N–H and O–H groups in total. The van der Waals surface area contributed by atoms with Gasteiger partial charge in [-0.2, -0.15) is 4.98 Å². The van der Waals surface area contributed by atoms with Crippen LogP contribution in [0.25, 0.3) is 0 Å². The van der Waals surface area contributed by atoms with Gasteiger partial charge in [-0.1, -0.05) is 26.3 Å². The number of nitrogens with zero attached hydrogens (tertiary/aromatic N) is 2. The van der Waals surface area contributed by atoms with E-state index in [1.165, 1.54) is 4.88 Å². The first kappa shape index (κ1) is 15.8. The van der Waals surface area contributed by atoms with Crippen molar-refractivity contribution in [3.63, 3.8) is 0 Å². The second-order valence-corrected chi connectivity index (χ2v) is 6.13. The van der Waals surface area contributed by atoms with Gasteiger partial charge in [0.2, 0.25) is 5.95 Å². The van der Waals surface area contributed by atoms with E-state index in [2.05, 4.69) is 52.0 Å². The molecule has 0 aromatic carbocycles. The molecule has 0 aliphatic rings. The zero-order valence-electron chi connectivity index (χ0n) is 13.0. The number of nitrogens with one attached hydrogen (secondary N) is 2. The highest BCUT2D eigenvalue weighted by Crippen LogP contribution is 2.28. The molecule has 0 spiro atoms. The summed E-state index contributed by atoms with van der Waals surface area (Å²) in [5.74, 6) is 1.63. The van der Waals surface area contributed by atoms with Gasteiger partial charge < -0.3 is 10.6 Å². The Labute approximate surface area is 131 Å². The molecule has 4 nitrogen and oxygen atoms in total. The highest BCUT2D eigenvalue weighted by molar-refractivity contribution is 7.10. The first-order chi connectivity index (χ1) is 10.2. The summed E-state index contributed by atoms with van der Waals surface area (Å²) in [6.07, 6.45) is 5.18. The summed E-state index contributed by atoms with van der Waals surface area (Å²) < 4.78 is 0. The van der Waals surface area contributed by atoms with E-state index in [4.69, 9.17) is 0 Å². The maximum absolute atomic E-state index is 4.61. The molecule has 0 bridgehead atoms. The normalized spacial score (nSPS) is 12.1. The topological polar surface area (TPSA) is 49.8 Å². The summed E-state index contributed by atoms with van der Waals surface area (Å²) in [4.78, 5) is 10.3. The number of aromatic nitrogens is 2. The van der Waals surface area contributed by atoms with Gasteiger partial charge in [-0.05, 0) is 31.2 Å². The van der Waals surface area contributed by atoms with Crippen LogP contribution in [0, 0.1) is 6.92 Å². The maximum Gasteiger partial charge on any atom is 0.224 e. The first-order valence-corrected chi connectivity index (χ1v) is 8.50. The highest BCUT2D eigenvalue weighted by atomic mass is 32.1. The minimum absolute atomic E-state index is 0.322. The van der Waals surface area contributed by atoms with Crippen molar-refractivity contribution in [2.75, 3.05) is 17.2 Å². The molecule has 2 rings (SSSR count). The van der Waals surface area contributed by atoms with Gasteiger partial charge in [0.05, 0.1) is 6.04 Å². The van der Waals surface area contributed by atoms with E-state index in [1.807, 2.05) is 13.1 Å². The molecule has 21 heavy (non-hydrogen) atoms. The van der Waals surface area contributed by atoms with E-state index < -0.39 is 0 Å². The average molecular weight is 304 g/mol.